The fourth-order valence-corrected chi connectivity index (χ4v) is 3.45. The van der Waals surface area contributed by atoms with Crippen molar-refractivity contribution in [3.05, 3.63) is 88.3 Å². The average Bonchev–Trinajstić information content (AvgIpc) is 3.47. The molecule has 2 heterocycles. The summed E-state index contributed by atoms with van der Waals surface area (Å²) in [7, 11) is 0. The molecule has 2 aromatic carbocycles. The third kappa shape index (κ3) is 3.34. The van der Waals surface area contributed by atoms with Crippen LogP contribution in [0.25, 0.3) is 17.2 Å². The Kier molecular flexibility index (Phi) is 4.25. The normalized spacial score (nSPS) is 15.0. The molecular formula is C22H20N4O2. The fraction of sp³-hybridized carbons (Fsp3) is 0.227. The molecule has 4 aromatic rings. The van der Waals surface area contributed by atoms with Crippen molar-refractivity contribution in [2.45, 2.75) is 25.6 Å². The Balaban J connectivity index is 1.41. The zero-order chi connectivity index (χ0) is 18.9. The minimum atomic E-state index is -0.218. The molecule has 0 bridgehead atoms. The van der Waals surface area contributed by atoms with Gasteiger partial charge in [0.25, 0.3) is 5.56 Å². The molecule has 6 nitrogen and oxygen atoms in total. The molecule has 0 saturated heterocycles. The van der Waals surface area contributed by atoms with E-state index in [4.69, 9.17) is 4.74 Å². The molecule has 1 aliphatic carbocycles. The number of nitrogens with one attached hydrogen (secondary N) is 1. The maximum Gasteiger partial charge on any atom is 0.275 e. The van der Waals surface area contributed by atoms with Gasteiger partial charge in [0.2, 0.25) is 5.78 Å². The van der Waals surface area contributed by atoms with E-state index in [1.807, 2.05) is 48.5 Å². The van der Waals surface area contributed by atoms with Crippen LogP contribution in [-0.2, 0) is 11.3 Å². The van der Waals surface area contributed by atoms with E-state index in [1.165, 1.54) is 29.0 Å². The first-order valence-electron chi connectivity index (χ1n) is 9.49. The number of ether oxygens (including phenoxy) is 1. The molecular weight excluding hydrogens is 352 g/mol. The molecule has 0 amide bonds. The van der Waals surface area contributed by atoms with Gasteiger partial charge in [-0.1, -0.05) is 60.7 Å². The van der Waals surface area contributed by atoms with E-state index in [2.05, 4.69) is 27.2 Å². The third-order valence-electron chi connectivity index (χ3n) is 5.01. The first kappa shape index (κ1) is 16.9. The summed E-state index contributed by atoms with van der Waals surface area (Å²) in [4.78, 5) is 20.2. The van der Waals surface area contributed by atoms with Crippen LogP contribution >= 0.6 is 0 Å². The van der Waals surface area contributed by atoms with E-state index in [9.17, 15) is 4.79 Å². The number of fused-ring (bicyclic) bond motifs is 1. The Bertz CT molecular complexity index is 1150. The quantitative estimate of drug-likeness (QED) is 0.559. The highest BCUT2D eigenvalue weighted by atomic mass is 16.5. The SMILES string of the molecule is O=c1cc(COC(c2ccccc2)C2CC2)[nH]c2nc(-c3ccccc3)nn12. The number of aromatic nitrogens is 4. The number of hydrogen-bond donors (Lipinski definition) is 1. The van der Waals surface area contributed by atoms with Crippen molar-refractivity contribution in [1.82, 2.24) is 19.6 Å². The van der Waals surface area contributed by atoms with Crippen LogP contribution < -0.4 is 5.56 Å². The van der Waals surface area contributed by atoms with Crippen molar-refractivity contribution in [3.63, 3.8) is 0 Å². The molecule has 1 saturated carbocycles. The summed E-state index contributed by atoms with van der Waals surface area (Å²) in [6, 6.07) is 21.4. The van der Waals surface area contributed by atoms with Crippen LogP contribution in [0.5, 0.6) is 0 Å². The number of benzene rings is 2. The van der Waals surface area contributed by atoms with Gasteiger partial charge in [-0.05, 0) is 24.3 Å². The van der Waals surface area contributed by atoms with Gasteiger partial charge in [0, 0.05) is 17.3 Å². The highest BCUT2D eigenvalue weighted by molar-refractivity contribution is 5.56. The molecule has 1 unspecified atom stereocenters. The lowest BCUT2D eigenvalue weighted by molar-refractivity contribution is 0.0228. The molecule has 1 N–H and O–H groups in total. The third-order valence-corrected chi connectivity index (χ3v) is 5.01. The summed E-state index contributed by atoms with van der Waals surface area (Å²) >= 11 is 0. The van der Waals surface area contributed by atoms with Crippen LogP contribution in [0, 0.1) is 5.92 Å². The maximum atomic E-state index is 12.5. The first-order chi connectivity index (χ1) is 13.8. The molecule has 1 fully saturated rings. The van der Waals surface area contributed by atoms with Crippen molar-refractivity contribution in [2.75, 3.05) is 0 Å². The Morgan fingerprint density at radius 1 is 1.07 bits per heavy atom. The van der Waals surface area contributed by atoms with Gasteiger partial charge in [-0.25, -0.2) is 0 Å². The number of hydrogen-bond acceptors (Lipinski definition) is 4. The van der Waals surface area contributed by atoms with E-state index in [-0.39, 0.29) is 11.7 Å². The molecule has 0 radical (unpaired) electrons. The summed E-state index contributed by atoms with van der Waals surface area (Å²) in [6.45, 7) is 0.329. The Morgan fingerprint density at radius 3 is 2.50 bits per heavy atom. The smallest absolute Gasteiger partial charge is 0.275 e. The van der Waals surface area contributed by atoms with Gasteiger partial charge in [-0.3, -0.25) is 4.79 Å². The maximum absolute atomic E-state index is 12.5. The summed E-state index contributed by atoms with van der Waals surface area (Å²) in [6.07, 6.45) is 2.41. The van der Waals surface area contributed by atoms with Crippen LogP contribution in [0.15, 0.2) is 71.5 Å². The summed E-state index contributed by atoms with van der Waals surface area (Å²) < 4.78 is 7.50. The molecule has 1 aliphatic rings. The molecule has 2 aromatic heterocycles. The van der Waals surface area contributed by atoms with E-state index >= 15 is 0 Å². The standard InChI is InChI=1S/C22H20N4O2/c27-19-13-18(14-28-20(16-11-12-16)15-7-3-1-4-8-15)23-22-24-21(25-26(19)22)17-9-5-2-6-10-17/h1-10,13,16,20H,11-12,14H2,(H,23,24,25). The van der Waals surface area contributed by atoms with Gasteiger partial charge in [-0.2, -0.15) is 9.50 Å². The highest BCUT2D eigenvalue weighted by Gasteiger charge is 2.33. The van der Waals surface area contributed by atoms with Crippen molar-refractivity contribution in [1.29, 1.82) is 0 Å². The van der Waals surface area contributed by atoms with Crippen molar-refractivity contribution in [3.8, 4) is 11.4 Å². The molecule has 1 atom stereocenters. The minimum absolute atomic E-state index is 0.0543. The molecule has 5 rings (SSSR count). The van der Waals surface area contributed by atoms with Gasteiger partial charge < -0.3 is 9.72 Å². The number of aromatic amines is 1. The fourth-order valence-electron chi connectivity index (χ4n) is 3.45. The van der Waals surface area contributed by atoms with E-state index in [1.54, 1.807) is 0 Å². The van der Waals surface area contributed by atoms with E-state index < -0.39 is 0 Å². The van der Waals surface area contributed by atoms with Gasteiger partial charge in [-0.15, -0.1) is 5.10 Å². The van der Waals surface area contributed by atoms with Crippen LogP contribution in [0.3, 0.4) is 0 Å². The summed E-state index contributed by atoms with van der Waals surface area (Å²) in [5.74, 6) is 1.50. The summed E-state index contributed by atoms with van der Waals surface area (Å²) in [5, 5.41) is 4.33. The molecule has 28 heavy (non-hydrogen) atoms. The number of nitrogens with zero attached hydrogens (tertiary/aromatic N) is 3. The molecule has 0 aliphatic heterocycles. The minimum Gasteiger partial charge on any atom is -0.367 e. The zero-order valence-corrected chi connectivity index (χ0v) is 15.3. The number of rotatable bonds is 6. The highest BCUT2D eigenvalue weighted by Crippen LogP contribution is 2.43. The topological polar surface area (TPSA) is 72.3 Å². The second kappa shape index (κ2) is 7.05. The van der Waals surface area contributed by atoms with Crippen molar-refractivity contribution >= 4 is 5.78 Å². The first-order valence-corrected chi connectivity index (χ1v) is 9.49. The monoisotopic (exact) mass is 372 g/mol. The second-order valence-electron chi connectivity index (χ2n) is 7.15. The average molecular weight is 372 g/mol. The molecule has 0 spiro atoms. The Labute approximate surface area is 161 Å². The molecule has 140 valence electrons. The van der Waals surface area contributed by atoms with Crippen LogP contribution in [0.1, 0.15) is 30.2 Å². The zero-order valence-electron chi connectivity index (χ0n) is 15.3. The van der Waals surface area contributed by atoms with Gasteiger partial charge in [0.15, 0.2) is 5.82 Å². The predicted molar refractivity (Wildman–Crippen MR) is 106 cm³/mol. The van der Waals surface area contributed by atoms with E-state index in [0.717, 1.165) is 5.56 Å². The van der Waals surface area contributed by atoms with Crippen LogP contribution in [0.4, 0.5) is 0 Å². The van der Waals surface area contributed by atoms with Gasteiger partial charge >= 0.3 is 0 Å². The Hall–Kier alpha value is -3.25. The van der Waals surface area contributed by atoms with Crippen molar-refractivity contribution in [2.24, 2.45) is 5.92 Å². The van der Waals surface area contributed by atoms with Crippen LogP contribution in [-0.4, -0.2) is 19.6 Å². The Morgan fingerprint density at radius 2 is 1.79 bits per heavy atom. The van der Waals surface area contributed by atoms with Crippen molar-refractivity contribution < 1.29 is 4.74 Å². The second-order valence-corrected chi connectivity index (χ2v) is 7.15. The molecule has 6 heteroatoms. The van der Waals surface area contributed by atoms with Gasteiger partial charge in [0.05, 0.1) is 12.7 Å². The lowest BCUT2D eigenvalue weighted by Crippen LogP contribution is -2.17. The predicted octanol–water partition coefficient (Wildman–Crippen LogP) is 3.75. The van der Waals surface area contributed by atoms with E-state index in [0.29, 0.717) is 29.8 Å². The largest absolute Gasteiger partial charge is 0.367 e. The lowest BCUT2D eigenvalue weighted by Gasteiger charge is -2.17. The van der Waals surface area contributed by atoms with Gasteiger partial charge in [0.1, 0.15) is 0 Å². The van der Waals surface area contributed by atoms with Crippen LogP contribution in [0.2, 0.25) is 0 Å². The summed E-state index contributed by atoms with van der Waals surface area (Å²) in [5.41, 5.74) is 2.53. The lowest BCUT2D eigenvalue weighted by atomic mass is 10.1. The number of H-pyrrole nitrogens is 1.